The SMILES string of the molecule is COC1CNC(Cl)CC1C1CC(C)NCC1C(=O)NC1NC2CN(C(=O)C3NC(C(F)F)CNC3OC)CC2S1. The Morgan fingerprint density at radius 2 is 1.82 bits per heavy atom. The number of carbonyl (C=O) groups excluding carboxylic acids is 2. The topological polar surface area (TPSA) is 128 Å². The Balaban J connectivity index is 1.16. The van der Waals surface area contributed by atoms with Gasteiger partial charge in [0.15, 0.2) is 0 Å². The molecular formula is C25H42ClF2N7O4S. The van der Waals surface area contributed by atoms with Crippen LogP contribution in [0, 0.1) is 17.8 Å². The Hall–Kier alpha value is -0.840. The fraction of sp³-hybridized carbons (Fsp3) is 0.920. The van der Waals surface area contributed by atoms with E-state index in [1.807, 2.05) is 0 Å². The fourth-order valence-corrected chi connectivity index (χ4v) is 8.67. The highest BCUT2D eigenvalue weighted by Crippen LogP contribution is 2.38. The Kier molecular flexibility index (Phi) is 10.1. The second-order valence-electron chi connectivity index (χ2n) is 11.6. The van der Waals surface area contributed by atoms with Gasteiger partial charge in [0.1, 0.15) is 17.8 Å². The highest BCUT2D eigenvalue weighted by molar-refractivity contribution is 8.00. The van der Waals surface area contributed by atoms with Gasteiger partial charge in [0.2, 0.25) is 11.8 Å². The minimum atomic E-state index is -2.59. The van der Waals surface area contributed by atoms with E-state index in [4.69, 9.17) is 21.1 Å². The third-order valence-electron chi connectivity index (χ3n) is 9.10. The average Bonchev–Trinajstić information content (AvgIpc) is 3.51. The summed E-state index contributed by atoms with van der Waals surface area (Å²) in [5, 5.41) is 19.2. The first-order chi connectivity index (χ1) is 19.2. The molecule has 5 aliphatic rings. The molecule has 12 unspecified atom stereocenters. The van der Waals surface area contributed by atoms with Gasteiger partial charge in [-0.1, -0.05) is 0 Å². The van der Waals surface area contributed by atoms with Gasteiger partial charge in [-0.25, -0.2) is 8.78 Å². The van der Waals surface area contributed by atoms with Crippen LogP contribution in [0.15, 0.2) is 0 Å². The van der Waals surface area contributed by atoms with Gasteiger partial charge in [-0.2, -0.15) is 0 Å². The lowest BCUT2D eigenvalue weighted by Crippen LogP contribution is -2.68. The van der Waals surface area contributed by atoms with E-state index < -0.39 is 24.7 Å². The number of nitrogens with one attached hydrogen (secondary N) is 6. The van der Waals surface area contributed by atoms with Crippen LogP contribution in [0.25, 0.3) is 0 Å². The highest BCUT2D eigenvalue weighted by atomic mass is 35.5. The van der Waals surface area contributed by atoms with Gasteiger partial charge in [0, 0.05) is 64.3 Å². The van der Waals surface area contributed by atoms with Crippen LogP contribution in [0.3, 0.4) is 0 Å². The molecule has 40 heavy (non-hydrogen) atoms. The molecule has 11 nitrogen and oxygen atoms in total. The lowest BCUT2D eigenvalue weighted by atomic mass is 9.70. The van der Waals surface area contributed by atoms with Crippen molar-refractivity contribution in [3.8, 4) is 0 Å². The molecule has 0 bridgehead atoms. The molecule has 6 N–H and O–H groups in total. The van der Waals surface area contributed by atoms with E-state index in [1.165, 1.54) is 7.11 Å². The van der Waals surface area contributed by atoms with Crippen LogP contribution in [-0.2, 0) is 19.1 Å². The monoisotopic (exact) mass is 609 g/mol. The van der Waals surface area contributed by atoms with Crippen LogP contribution >= 0.6 is 23.4 Å². The molecule has 5 rings (SSSR count). The summed E-state index contributed by atoms with van der Waals surface area (Å²) in [5.74, 6) is -0.146. The van der Waals surface area contributed by atoms with Gasteiger partial charge >= 0.3 is 0 Å². The summed E-state index contributed by atoms with van der Waals surface area (Å²) in [6.45, 7) is 4.34. The van der Waals surface area contributed by atoms with Crippen molar-refractivity contribution < 1.29 is 27.8 Å². The number of rotatable bonds is 7. The normalized spacial score (nSPS) is 44.0. The molecule has 0 aromatic rings. The van der Waals surface area contributed by atoms with E-state index >= 15 is 0 Å². The molecule has 2 amide bonds. The van der Waals surface area contributed by atoms with Gasteiger partial charge in [0.05, 0.1) is 23.6 Å². The number of nitrogens with zero attached hydrogens (tertiary/aromatic N) is 1. The average molecular weight is 610 g/mol. The molecule has 15 heteroatoms. The van der Waals surface area contributed by atoms with Crippen molar-refractivity contribution in [1.82, 2.24) is 36.8 Å². The molecule has 12 atom stereocenters. The Bertz CT molecular complexity index is 901. The predicted octanol–water partition coefficient (Wildman–Crippen LogP) is -0.727. The smallest absolute Gasteiger partial charge is 0.254 e. The third-order valence-corrected chi connectivity index (χ3v) is 10.8. The summed E-state index contributed by atoms with van der Waals surface area (Å²) in [6, 6.07) is -1.72. The number of hydrogen-bond donors (Lipinski definition) is 6. The summed E-state index contributed by atoms with van der Waals surface area (Å²) in [4.78, 5) is 28.6. The number of ether oxygens (including phenoxy) is 2. The van der Waals surface area contributed by atoms with Gasteiger partial charge in [-0.05, 0) is 31.6 Å². The van der Waals surface area contributed by atoms with E-state index in [9.17, 15) is 18.4 Å². The second kappa shape index (κ2) is 13.2. The van der Waals surface area contributed by atoms with Crippen LogP contribution in [0.4, 0.5) is 8.78 Å². The van der Waals surface area contributed by atoms with Crippen molar-refractivity contribution in [1.29, 1.82) is 0 Å². The predicted molar refractivity (Wildman–Crippen MR) is 148 cm³/mol. The van der Waals surface area contributed by atoms with E-state index in [0.717, 1.165) is 12.8 Å². The molecule has 0 saturated carbocycles. The molecule has 0 spiro atoms. The maximum Gasteiger partial charge on any atom is 0.254 e. The molecule has 0 aromatic carbocycles. The van der Waals surface area contributed by atoms with Crippen LogP contribution in [0.1, 0.15) is 19.8 Å². The minimum Gasteiger partial charge on any atom is -0.380 e. The molecule has 0 aliphatic carbocycles. The number of halogens is 3. The summed E-state index contributed by atoms with van der Waals surface area (Å²) in [5.41, 5.74) is -0.404. The quantitative estimate of drug-likeness (QED) is 0.163. The van der Waals surface area contributed by atoms with Crippen LogP contribution in [0.5, 0.6) is 0 Å². The van der Waals surface area contributed by atoms with Crippen LogP contribution in [0.2, 0.25) is 0 Å². The number of methoxy groups -OCH3 is 2. The van der Waals surface area contributed by atoms with Crippen LogP contribution < -0.4 is 31.9 Å². The van der Waals surface area contributed by atoms with Crippen molar-refractivity contribution in [3.05, 3.63) is 0 Å². The van der Waals surface area contributed by atoms with Crippen LogP contribution in [-0.4, -0.2) is 123 Å². The van der Waals surface area contributed by atoms with Gasteiger partial charge < -0.3 is 25.0 Å². The van der Waals surface area contributed by atoms with Crippen molar-refractivity contribution in [3.63, 3.8) is 0 Å². The molecule has 5 fully saturated rings. The Morgan fingerprint density at radius 1 is 1.02 bits per heavy atom. The highest BCUT2D eigenvalue weighted by Gasteiger charge is 2.48. The zero-order valence-corrected chi connectivity index (χ0v) is 24.7. The maximum absolute atomic E-state index is 13.6. The molecular weight excluding hydrogens is 568 g/mol. The molecule has 0 aromatic heterocycles. The molecule has 5 saturated heterocycles. The number of likely N-dealkylation sites (tertiary alicyclic amines) is 1. The Labute approximate surface area is 243 Å². The van der Waals surface area contributed by atoms with E-state index in [2.05, 4.69) is 38.8 Å². The number of hydrogen-bond acceptors (Lipinski definition) is 10. The van der Waals surface area contributed by atoms with Gasteiger partial charge in [0.25, 0.3) is 6.43 Å². The van der Waals surface area contributed by atoms with Crippen molar-refractivity contribution in [2.45, 2.75) is 78.9 Å². The third kappa shape index (κ3) is 6.55. The molecule has 228 valence electrons. The van der Waals surface area contributed by atoms with Gasteiger partial charge in [-0.15, -0.1) is 23.4 Å². The summed E-state index contributed by atoms with van der Waals surface area (Å²) >= 11 is 8.05. The second-order valence-corrected chi connectivity index (χ2v) is 13.5. The zero-order valence-electron chi connectivity index (χ0n) is 23.1. The first-order valence-electron chi connectivity index (χ1n) is 14.1. The number of fused-ring (bicyclic) bond motifs is 1. The first kappa shape index (κ1) is 30.6. The van der Waals surface area contributed by atoms with Crippen molar-refractivity contribution in [2.75, 3.05) is 46.9 Å². The lowest BCUT2D eigenvalue weighted by molar-refractivity contribution is -0.139. The number of carbonyl (C=O) groups is 2. The Morgan fingerprint density at radius 3 is 2.52 bits per heavy atom. The number of piperidine rings is 2. The summed E-state index contributed by atoms with van der Waals surface area (Å²) in [6.07, 6.45) is -1.64. The molecule has 5 heterocycles. The van der Waals surface area contributed by atoms with Crippen molar-refractivity contribution >= 4 is 35.2 Å². The summed E-state index contributed by atoms with van der Waals surface area (Å²) < 4.78 is 37.7. The van der Waals surface area contributed by atoms with E-state index in [0.29, 0.717) is 32.2 Å². The number of alkyl halides is 3. The number of thioether (sulfide) groups is 1. The number of piperazine rings is 1. The first-order valence-corrected chi connectivity index (χ1v) is 15.5. The maximum atomic E-state index is 13.6. The zero-order chi connectivity index (χ0) is 28.6. The molecule has 0 radical (unpaired) electrons. The number of amides is 2. The van der Waals surface area contributed by atoms with E-state index in [1.54, 1.807) is 23.8 Å². The van der Waals surface area contributed by atoms with Crippen molar-refractivity contribution in [2.24, 2.45) is 17.8 Å². The lowest BCUT2D eigenvalue weighted by Gasteiger charge is -2.45. The molecule has 5 aliphatic heterocycles. The minimum absolute atomic E-state index is 0.000251. The standard InChI is InChI=1S/C25H42ClF2N7O4S/c1-11-4-12(13-5-19(26)30-8-17(13)38-2)14(6-29-11)22(36)34-25-33-16-9-35(10-18(16)40-25)24(37)20-23(39-3)31-7-15(32-20)21(27)28/h11-21,23,25,29-33H,4-10H2,1-3H3,(H,34,36). The van der Waals surface area contributed by atoms with E-state index in [-0.39, 0.29) is 64.5 Å². The summed E-state index contributed by atoms with van der Waals surface area (Å²) in [7, 11) is 3.17. The van der Waals surface area contributed by atoms with Gasteiger partial charge in [-0.3, -0.25) is 30.9 Å². The fourth-order valence-electron chi connectivity index (χ4n) is 6.96. The largest absolute Gasteiger partial charge is 0.380 e.